The van der Waals surface area contributed by atoms with E-state index in [1.54, 1.807) is 12.4 Å². The van der Waals surface area contributed by atoms with Gasteiger partial charge in [-0.25, -0.2) is 0 Å². The molecule has 13 heavy (non-hydrogen) atoms. The van der Waals surface area contributed by atoms with Crippen LogP contribution in [0.3, 0.4) is 0 Å². The third-order valence-electron chi connectivity index (χ3n) is 2.13. The van der Waals surface area contributed by atoms with Gasteiger partial charge in [-0.1, -0.05) is 11.2 Å². The lowest BCUT2D eigenvalue weighted by atomic mass is 9.97. The van der Waals surface area contributed by atoms with Crippen molar-refractivity contribution >= 4 is 6.21 Å². The van der Waals surface area contributed by atoms with Crippen LogP contribution in [0.15, 0.2) is 29.6 Å². The van der Waals surface area contributed by atoms with E-state index in [4.69, 9.17) is 4.84 Å². The Kier molecular flexibility index (Phi) is 2.55. The molecular formula is C10H12N2O. The molecule has 0 unspecified atom stereocenters. The number of rotatable bonds is 3. The molecule has 1 saturated carbocycles. The van der Waals surface area contributed by atoms with E-state index >= 15 is 0 Å². The molecule has 0 spiro atoms. The van der Waals surface area contributed by atoms with Gasteiger partial charge in [-0.2, -0.15) is 0 Å². The van der Waals surface area contributed by atoms with Crippen LogP contribution in [0, 0.1) is 0 Å². The second-order valence-corrected chi connectivity index (χ2v) is 3.15. The second-order valence-electron chi connectivity index (χ2n) is 3.15. The maximum Gasteiger partial charge on any atom is 0.127 e. The van der Waals surface area contributed by atoms with Crippen molar-refractivity contribution < 1.29 is 4.84 Å². The maximum absolute atomic E-state index is 5.21. The summed E-state index contributed by atoms with van der Waals surface area (Å²) in [5.41, 5.74) is 0.835. The molecule has 3 nitrogen and oxygen atoms in total. The molecule has 0 atom stereocenters. The Hall–Kier alpha value is -1.38. The summed E-state index contributed by atoms with van der Waals surface area (Å²) in [6.07, 6.45) is 7.28. The molecule has 1 aliphatic carbocycles. The van der Waals surface area contributed by atoms with Crippen LogP contribution in [0.2, 0.25) is 0 Å². The van der Waals surface area contributed by atoms with E-state index in [-0.39, 0.29) is 0 Å². The van der Waals surface area contributed by atoms with E-state index in [9.17, 15) is 0 Å². The molecular weight excluding hydrogens is 164 g/mol. The largest absolute Gasteiger partial charge is 0.392 e. The SMILES string of the molecule is C(=N\OC1CCC1)/c1ccccn1. The standard InChI is InChI=1S/C10H12N2O/c1-2-7-11-9(4-1)8-12-13-10-5-3-6-10/h1-2,4,7-8,10H,3,5-6H2/b12-8+. The summed E-state index contributed by atoms with van der Waals surface area (Å²) in [5.74, 6) is 0. The molecule has 2 rings (SSSR count). The first-order valence-corrected chi connectivity index (χ1v) is 4.55. The Morgan fingerprint density at radius 3 is 3.00 bits per heavy atom. The highest BCUT2D eigenvalue weighted by atomic mass is 16.6. The van der Waals surface area contributed by atoms with Gasteiger partial charge in [0.1, 0.15) is 6.10 Å². The summed E-state index contributed by atoms with van der Waals surface area (Å²) in [4.78, 5) is 9.30. The lowest BCUT2D eigenvalue weighted by Gasteiger charge is -2.22. The first kappa shape index (κ1) is 8.23. The molecule has 3 heteroatoms. The van der Waals surface area contributed by atoms with Gasteiger partial charge < -0.3 is 4.84 Å². The van der Waals surface area contributed by atoms with Gasteiger partial charge in [0.2, 0.25) is 0 Å². The minimum absolute atomic E-state index is 0.347. The minimum atomic E-state index is 0.347. The van der Waals surface area contributed by atoms with Crippen molar-refractivity contribution in [3.05, 3.63) is 30.1 Å². The van der Waals surface area contributed by atoms with Crippen LogP contribution in [0.5, 0.6) is 0 Å². The van der Waals surface area contributed by atoms with Crippen molar-refractivity contribution in [2.24, 2.45) is 5.16 Å². The molecule has 0 aliphatic heterocycles. The van der Waals surface area contributed by atoms with Crippen molar-refractivity contribution in [1.82, 2.24) is 4.98 Å². The summed E-state index contributed by atoms with van der Waals surface area (Å²) in [6.45, 7) is 0. The Morgan fingerprint density at radius 1 is 1.46 bits per heavy atom. The fraction of sp³-hybridized carbons (Fsp3) is 0.400. The van der Waals surface area contributed by atoms with Crippen molar-refractivity contribution in [3.63, 3.8) is 0 Å². The van der Waals surface area contributed by atoms with E-state index in [1.807, 2.05) is 18.2 Å². The fourth-order valence-corrected chi connectivity index (χ4v) is 1.10. The molecule has 1 aromatic heterocycles. The van der Waals surface area contributed by atoms with Crippen LogP contribution < -0.4 is 0 Å². The molecule has 0 aromatic carbocycles. The Labute approximate surface area is 77.4 Å². The van der Waals surface area contributed by atoms with Crippen molar-refractivity contribution in [3.8, 4) is 0 Å². The molecule has 0 N–H and O–H groups in total. The summed E-state index contributed by atoms with van der Waals surface area (Å²) >= 11 is 0. The smallest absolute Gasteiger partial charge is 0.127 e. The van der Waals surface area contributed by atoms with E-state index < -0.39 is 0 Å². The quantitative estimate of drug-likeness (QED) is 0.521. The van der Waals surface area contributed by atoms with Gasteiger partial charge in [-0.15, -0.1) is 0 Å². The summed E-state index contributed by atoms with van der Waals surface area (Å²) in [5, 5.41) is 3.88. The molecule has 1 heterocycles. The zero-order valence-electron chi connectivity index (χ0n) is 7.39. The lowest BCUT2D eigenvalue weighted by Crippen LogP contribution is -2.18. The summed E-state index contributed by atoms with van der Waals surface area (Å²) in [7, 11) is 0. The van der Waals surface area contributed by atoms with E-state index in [2.05, 4.69) is 10.1 Å². The molecule has 1 aromatic rings. The van der Waals surface area contributed by atoms with Crippen LogP contribution in [0.1, 0.15) is 25.0 Å². The molecule has 68 valence electrons. The number of oxime groups is 1. The molecule has 0 bridgehead atoms. The predicted octanol–water partition coefficient (Wildman–Crippen LogP) is 1.98. The number of nitrogens with zero attached hydrogens (tertiary/aromatic N) is 2. The number of pyridine rings is 1. The third kappa shape index (κ3) is 2.28. The van der Waals surface area contributed by atoms with E-state index in [0.29, 0.717) is 6.10 Å². The van der Waals surface area contributed by atoms with Gasteiger partial charge in [0.05, 0.1) is 11.9 Å². The second kappa shape index (κ2) is 4.03. The highest BCUT2D eigenvalue weighted by molar-refractivity contribution is 5.76. The van der Waals surface area contributed by atoms with Crippen molar-refractivity contribution in [1.29, 1.82) is 0 Å². The minimum Gasteiger partial charge on any atom is -0.392 e. The van der Waals surface area contributed by atoms with Crippen LogP contribution >= 0.6 is 0 Å². The number of hydrogen-bond donors (Lipinski definition) is 0. The third-order valence-corrected chi connectivity index (χ3v) is 2.13. The van der Waals surface area contributed by atoms with Gasteiger partial charge in [0.15, 0.2) is 0 Å². The monoisotopic (exact) mass is 176 g/mol. The molecule has 1 fully saturated rings. The Morgan fingerprint density at radius 2 is 2.38 bits per heavy atom. The maximum atomic E-state index is 5.21. The van der Waals surface area contributed by atoms with Crippen LogP contribution in [0.4, 0.5) is 0 Å². The van der Waals surface area contributed by atoms with E-state index in [1.165, 1.54) is 6.42 Å². The average molecular weight is 176 g/mol. The topological polar surface area (TPSA) is 34.5 Å². The first-order valence-electron chi connectivity index (χ1n) is 4.55. The summed E-state index contributed by atoms with van der Waals surface area (Å²) < 4.78 is 0. The molecule has 1 aliphatic rings. The van der Waals surface area contributed by atoms with Crippen LogP contribution in [-0.2, 0) is 4.84 Å². The average Bonchev–Trinajstić information content (AvgIpc) is 2.11. The predicted molar refractivity (Wildman–Crippen MR) is 50.6 cm³/mol. The molecule has 0 radical (unpaired) electrons. The number of aromatic nitrogens is 1. The lowest BCUT2D eigenvalue weighted by molar-refractivity contribution is 0.00697. The molecule has 0 amide bonds. The Balaban J connectivity index is 1.83. The van der Waals surface area contributed by atoms with Crippen LogP contribution in [0.25, 0.3) is 0 Å². The van der Waals surface area contributed by atoms with Gasteiger partial charge in [-0.3, -0.25) is 4.98 Å². The highest BCUT2D eigenvalue weighted by Gasteiger charge is 2.18. The van der Waals surface area contributed by atoms with Gasteiger partial charge in [-0.05, 0) is 31.4 Å². The van der Waals surface area contributed by atoms with Gasteiger partial charge >= 0.3 is 0 Å². The number of hydrogen-bond acceptors (Lipinski definition) is 3. The van der Waals surface area contributed by atoms with Crippen molar-refractivity contribution in [2.75, 3.05) is 0 Å². The van der Waals surface area contributed by atoms with Crippen LogP contribution in [-0.4, -0.2) is 17.3 Å². The Bertz CT molecular complexity index is 280. The molecule has 0 saturated heterocycles. The first-order chi connectivity index (χ1) is 6.45. The zero-order valence-corrected chi connectivity index (χ0v) is 7.39. The normalized spacial score (nSPS) is 17.2. The zero-order chi connectivity index (χ0) is 8.93. The van der Waals surface area contributed by atoms with Gasteiger partial charge in [0, 0.05) is 6.20 Å². The van der Waals surface area contributed by atoms with Gasteiger partial charge in [0.25, 0.3) is 0 Å². The highest BCUT2D eigenvalue weighted by Crippen LogP contribution is 2.21. The summed E-state index contributed by atoms with van der Waals surface area (Å²) in [6, 6.07) is 5.70. The van der Waals surface area contributed by atoms with E-state index in [0.717, 1.165) is 18.5 Å². The fourth-order valence-electron chi connectivity index (χ4n) is 1.10. The van der Waals surface area contributed by atoms with Crippen molar-refractivity contribution in [2.45, 2.75) is 25.4 Å².